The van der Waals surface area contributed by atoms with E-state index in [4.69, 9.17) is 0 Å². The van der Waals surface area contributed by atoms with E-state index in [1.807, 2.05) is 0 Å². The molecule has 0 aromatic rings. The van der Waals surface area contributed by atoms with Crippen LogP contribution in [0.3, 0.4) is 0 Å². The molecule has 15 heavy (non-hydrogen) atoms. The molecule has 1 saturated carbocycles. The third kappa shape index (κ3) is 5.95. The Morgan fingerprint density at radius 2 is 1.93 bits per heavy atom. The van der Waals surface area contributed by atoms with Crippen LogP contribution in [0, 0.1) is 5.92 Å². The van der Waals surface area contributed by atoms with E-state index in [9.17, 15) is 0 Å². The molecule has 0 spiro atoms. The van der Waals surface area contributed by atoms with E-state index in [0.29, 0.717) is 0 Å². The number of rotatable bonds is 6. The van der Waals surface area contributed by atoms with Crippen molar-refractivity contribution >= 4 is 37.1 Å². The summed E-state index contributed by atoms with van der Waals surface area (Å²) in [5, 5.41) is 1.20. The summed E-state index contributed by atoms with van der Waals surface area (Å²) in [6.45, 7) is 4.91. The second-order valence-electron chi connectivity index (χ2n) is 5.16. The van der Waals surface area contributed by atoms with Crippen LogP contribution < -0.4 is 0 Å². The molecule has 0 bridgehead atoms. The molecule has 0 aromatic carbocycles. The van der Waals surface area contributed by atoms with E-state index >= 15 is 0 Å². The Morgan fingerprint density at radius 1 is 1.20 bits per heavy atom. The second kappa shape index (κ2) is 8.38. The molecule has 0 aromatic heterocycles. The quantitative estimate of drug-likeness (QED) is 0.343. The topological polar surface area (TPSA) is 0 Å². The van der Waals surface area contributed by atoms with Gasteiger partial charge in [-0.25, -0.2) is 0 Å². The summed E-state index contributed by atoms with van der Waals surface area (Å²) in [6, 6.07) is 0. The number of halogens is 1. The molecule has 0 aliphatic heterocycles. The molecule has 2 atom stereocenters. The van der Waals surface area contributed by atoms with Gasteiger partial charge in [0.05, 0.1) is 0 Å². The fourth-order valence-corrected chi connectivity index (χ4v) is 8.33. The van der Waals surface area contributed by atoms with Gasteiger partial charge in [-0.15, -0.1) is 0 Å². The van der Waals surface area contributed by atoms with Gasteiger partial charge in [-0.05, 0) is 0 Å². The second-order valence-corrected chi connectivity index (χ2v) is 12.3. The van der Waals surface area contributed by atoms with Gasteiger partial charge >= 0.3 is 115 Å². The third-order valence-electron chi connectivity index (χ3n) is 3.42. The van der Waals surface area contributed by atoms with E-state index in [1.54, 1.807) is 12.8 Å². The Bertz CT molecular complexity index is 159. The van der Waals surface area contributed by atoms with Gasteiger partial charge in [0.25, 0.3) is 0 Å². The van der Waals surface area contributed by atoms with Gasteiger partial charge in [0.2, 0.25) is 0 Å². The van der Waals surface area contributed by atoms with Crippen molar-refractivity contribution in [1.82, 2.24) is 0 Å². The molecule has 0 N–H and O–H groups in total. The number of unbranched alkanes of at least 4 members (excludes halogenated alkanes) is 1. The van der Waals surface area contributed by atoms with Gasteiger partial charge in [-0.1, -0.05) is 0 Å². The fourth-order valence-electron chi connectivity index (χ4n) is 2.70. The summed E-state index contributed by atoms with van der Waals surface area (Å²) < 4.78 is 2.29. The summed E-state index contributed by atoms with van der Waals surface area (Å²) >= 11 is 3.46. The third-order valence-corrected chi connectivity index (χ3v) is 9.27. The minimum atomic E-state index is -0.0763. The van der Waals surface area contributed by atoms with Gasteiger partial charge in [-0.3, -0.25) is 0 Å². The monoisotopic (exact) mass is 380 g/mol. The van der Waals surface area contributed by atoms with Gasteiger partial charge < -0.3 is 0 Å². The molecule has 0 heterocycles. The normalized spacial score (nSPS) is 27.2. The van der Waals surface area contributed by atoms with Crippen molar-refractivity contribution in [2.75, 3.05) is 5.33 Å². The minimum absolute atomic E-state index is 0.0763. The molecule has 0 saturated heterocycles. The van der Waals surface area contributed by atoms with E-state index < -0.39 is 0 Å². The number of hydrogen-bond acceptors (Lipinski definition) is 0. The van der Waals surface area contributed by atoms with Gasteiger partial charge in [-0.2, -0.15) is 0 Å². The molecule has 0 amide bonds. The van der Waals surface area contributed by atoms with Crippen LogP contribution in [0.2, 0.25) is 7.87 Å². The molecule has 88 valence electrons. The van der Waals surface area contributed by atoms with Crippen molar-refractivity contribution in [2.45, 2.75) is 66.7 Å². The zero-order valence-electron chi connectivity index (χ0n) is 10.3. The van der Waals surface area contributed by atoms with Crippen molar-refractivity contribution in [1.29, 1.82) is 0 Å². The molecule has 0 nitrogen and oxygen atoms in total. The molecular formula is C13H25BrSn. The maximum absolute atomic E-state index is 3.54. The summed E-state index contributed by atoms with van der Waals surface area (Å²) in [4.78, 5) is 0. The first kappa shape index (κ1) is 14.3. The summed E-state index contributed by atoms with van der Waals surface area (Å²) in [7, 11) is 0. The Kier molecular flexibility index (Phi) is 8.01. The average Bonchev–Trinajstić information content (AvgIpc) is 2.20. The molecule has 1 rings (SSSR count). The van der Waals surface area contributed by atoms with Crippen LogP contribution in [0.15, 0.2) is 0 Å². The van der Waals surface area contributed by atoms with E-state index in [2.05, 4.69) is 29.8 Å². The molecular weight excluding hydrogens is 355 g/mol. The fraction of sp³-hybridized carbons (Fsp3) is 1.00. The van der Waals surface area contributed by atoms with Crippen LogP contribution in [-0.4, -0.2) is 26.5 Å². The van der Waals surface area contributed by atoms with Crippen LogP contribution in [0.25, 0.3) is 0 Å². The first-order valence-corrected chi connectivity index (χ1v) is 11.0. The zero-order valence-corrected chi connectivity index (χ0v) is 14.7. The Morgan fingerprint density at radius 3 is 2.60 bits per heavy atom. The summed E-state index contributed by atoms with van der Waals surface area (Å²) in [5.41, 5.74) is 0. The van der Waals surface area contributed by atoms with Crippen LogP contribution in [0.5, 0.6) is 0 Å². The van der Waals surface area contributed by atoms with Crippen LogP contribution in [0.1, 0.15) is 58.8 Å². The van der Waals surface area contributed by atoms with E-state index in [-0.39, 0.29) is 21.1 Å². The van der Waals surface area contributed by atoms with E-state index in [0.717, 1.165) is 9.85 Å². The van der Waals surface area contributed by atoms with Crippen LogP contribution in [0.4, 0.5) is 0 Å². The van der Waals surface area contributed by atoms with Crippen molar-refractivity contribution in [3.8, 4) is 0 Å². The first-order chi connectivity index (χ1) is 7.24. The molecule has 1 fully saturated rings. The number of alkyl halides is 1. The molecule has 2 unspecified atom stereocenters. The number of hydrogen-bond donors (Lipinski definition) is 0. The Balaban J connectivity index is 2.29. The molecule has 2 heteroatoms. The first-order valence-electron chi connectivity index (χ1n) is 6.56. The zero-order chi connectivity index (χ0) is 11.1. The molecule has 2 radical (unpaired) electrons. The predicted molar refractivity (Wildman–Crippen MR) is 74.2 cm³/mol. The van der Waals surface area contributed by atoms with Gasteiger partial charge in [0, 0.05) is 0 Å². The Hall–Kier alpha value is 1.28. The predicted octanol–water partition coefficient (Wildman–Crippen LogP) is 5.06. The Labute approximate surface area is 114 Å². The molecule has 1 aliphatic rings. The van der Waals surface area contributed by atoms with Gasteiger partial charge in [0.1, 0.15) is 0 Å². The summed E-state index contributed by atoms with van der Waals surface area (Å²) in [6.07, 6.45) is 10.6. The van der Waals surface area contributed by atoms with Crippen LogP contribution in [-0.2, 0) is 0 Å². The van der Waals surface area contributed by atoms with Crippen molar-refractivity contribution in [2.24, 2.45) is 5.92 Å². The maximum atomic E-state index is 3.54. The summed E-state index contributed by atoms with van der Waals surface area (Å²) in [5.74, 6) is 1.13. The van der Waals surface area contributed by atoms with E-state index in [1.165, 1.54) is 41.4 Å². The SMILES string of the molecule is C[CH](C)[Sn][CH]1CCCCC1CCCCBr. The van der Waals surface area contributed by atoms with Crippen molar-refractivity contribution in [3.63, 3.8) is 0 Å². The van der Waals surface area contributed by atoms with Crippen LogP contribution >= 0.6 is 15.9 Å². The molecule has 1 aliphatic carbocycles. The standard InChI is InChI=1S/C10H18Br.C3H7.Sn/c11-9-5-4-8-10-6-2-1-3-7-10;1-3-2;/h6,10H,1-5,7-9H2;3H,1-2H3;. The van der Waals surface area contributed by atoms with Gasteiger partial charge in [0.15, 0.2) is 0 Å². The average molecular weight is 380 g/mol. The van der Waals surface area contributed by atoms with Crippen molar-refractivity contribution in [3.05, 3.63) is 0 Å². The van der Waals surface area contributed by atoms with Crippen molar-refractivity contribution < 1.29 is 0 Å².